The Hall–Kier alpha value is -1.83. The maximum atomic E-state index is 9.13. The third-order valence-corrected chi connectivity index (χ3v) is 4.09. The van der Waals surface area contributed by atoms with E-state index in [1.807, 2.05) is 18.2 Å². The molecule has 0 unspecified atom stereocenters. The predicted molar refractivity (Wildman–Crippen MR) is 77.4 cm³/mol. The quantitative estimate of drug-likeness (QED) is 0.688. The highest BCUT2D eigenvalue weighted by molar-refractivity contribution is 7.09. The molecule has 3 rings (SSSR count). The first-order valence-corrected chi connectivity index (χ1v) is 7.21. The van der Waals surface area contributed by atoms with E-state index >= 15 is 0 Å². The van der Waals surface area contributed by atoms with Crippen molar-refractivity contribution in [3.63, 3.8) is 0 Å². The number of fused-ring (bicyclic) bond motifs is 1. The van der Waals surface area contributed by atoms with E-state index in [2.05, 4.69) is 27.1 Å². The molecule has 2 aromatic heterocycles. The van der Waals surface area contributed by atoms with Gasteiger partial charge in [-0.1, -0.05) is 12.1 Å². The predicted octanol–water partition coefficient (Wildman–Crippen LogP) is 3.76. The Morgan fingerprint density at radius 3 is 2.89 bits per heavy atom. The molecular weight excluding hydrogens is 278 g/mol. The van der Waals surface area contributed by atoms with E-state index in [0.717, 1.165) is 23.4 Å². The highest BCUT2D eigenvalue weighted by Gasteiger charge is 2.13. The van der Waals surface area contributed by atoms with Gasteiger partial charge >= 0.3 is 0 Å². The minimum atomic E-state index is 0.338. The number of nitriles is 1. The van der Waals surface area contributed by atoms with Crippen molar-refractivity contribution in [1.82, 2.24) is 9.55 Å². The molecule has 3 aromatic rings. The van der Waals surface area contributed by atoms with Crippen molar-refractivity contribution in [2.75, 3.05) is 0 Å². The monoisotopic (exact) mass is 287 g/mol. The standard InChI is InChI=1S/C14H10ClN3S/c15-7-13-17-14-10(8-16)3-1-5-12(14)18(13)9-11-4-2-6-19-11/h1-6H,7,9H2. The van der Waals surface area contributed by atoms with Crippen molar-refractivity contribution < 1.29 is 0 Å². The molecule has 0 aliphatic heterocycles. The number of thiophene rings is 1. The third-order valence-electron chi connectivity index (χ3n) is 2.99. The second-order valence-corrected chi connectivity index (χ2v) is 5.41. The molecule has 0 radical (unpaired) electrons. The summed E-state index contributed by atoms with van der Waals surface area (Å²) in [7, 11) is 0. The zero-order chi connectivity index (χ0) is 13.2. The normalized spacial score (nSPS) is 10.7. The number of aromatic nitrogens is 2. The van der Waals surface area contributed by atoms with E-state index in [-0.39, 0.29) is 0 Å². The number of hydrogen-bond donors (Lipinski definition) is 0. The molecule has 5 heteroatoms. The average Bonchev–Trinajstić information content (AvgIpc) is 3.07. The molecular formula is C14H10ClN3S. The Morgan fingerprint density at radius 1 is 1.32 bits per heavy atom. The van der Waals surface area contributed by atoms with Gasteiger partial charge < -0.3 is 4.57 Å². The van der Waals surface area contributed by atoms with Gasteiger partial charge in [-0.05, 0) is 23.6 Å². The second kappa shape index (κ2) is 5.04. The van der Waals surface area contributed by atoms with E-state index < -0.39 is 0 Å². The van der Waals surface area contributed by atoms with Gasteiger partial charge in [0.1, 0.15) is 17.4 Å². The van der Waals surface area contributed by atoms with Gasteiger partial charge in [-0.2, -0.15) is 5.26 Å². The van der Waals surface area contributed by atoms with E-state index in [1.54, 1.807) is 17.4 Å². The van der Waals surface area contributed by atoms with Crippen molar-refractivity contribution >= 4 is 34.0 Å². The Morgan fingerprint density at radius 2 is 2.21 bits per heavy atom. The molecule has 94 valence electrons. The first kappa shape index (κ1) is 12.2. The number of nitrogens with zero attached hydrogens (tertiary/aromatic N) is 3. The Bertz CT molecular complexity index is 753. The fraction of sp³-hybridized carbons (Fsp3) is 0.143. The molecule has 0 aliphatic carbocycles. The summed E-state index contributed by atoms with van der Waals surface area (Å²) in [4.78, 5) is 5.74. The molecule has 2 heterocycles. The summed E-state index contributed by atoms with van der Waals surface area (Å²) in [6.45, 7) is 0.741. The molecule has 0 amide bonds. The van der Waals surface area contributed by atoms with Crippen molar-refractivity contribution in [3.8, 4) is 6.07 Å². The van der Waals surface area contributed by atoms with Crippen LogP contribution in [0.2, 0.25) is 0 Å². The Labute approximate surface area is 119 Å². The van der Waals surface area contributed by atoms with E-state index in [1.165, 1.54) is 4.88 Å². The van der Waals surface area contributed by atoms with Crippen LogP contribution in [-0.4, -0.2) is 9.55 Å². The fourth-order valence-electron chi connectivity index (χ4n) is 2.12. The number of imidazole rings is 1. The number of benzene rings is 1. The Balaban J connectivity index is 2.19. The maximum absolute atomic E-state index is 9.13. The van der Waals surface area contributed by atoms with Crippen molar-refractivity contribution in [2.24, 2.45) is 0 Å². The van der Waals surface area contributed by atoms with Gasteiger partial charge in [-0.3, -0.25) is 0 Å². The smallest absolute Gasteiger partial charge is 0.125 e. The zero-order valence-electron chi connectivity index (χ0n) is 10.0. The molecule has 1 aromatic carbocycles. The number of para-hydroxylation sites is 1. The van der Waals surface area contributed by atoms with Gasteiger partial charge in [-0.15, -0.1) is 22.9 Å². The Kier molecular flexibility index (Phi) is 3.24. The topological polar surface area (TPSA) is 41.6 Å². The molecule has 0 bridgehead atoms. The van der Waals surface area contributed by atoms with Crippen molar-refractivity contribution in [3.05, 3.63) is 52.0 Å². The van der Waals surface area contributed by atoms with Crippen LogP contribution < -0.4 is 0 Å². The number of hydrogen-bond acceptors (Lipinski definition) is 3. The minimum Gasteiger partial charge on any atom is -0.322 e. The van der Waals surface area contributed by atoms with Crippen LogP contribution >= 0.6 is 22.9 Å². The van der Waals surface area contributed by atoms with Crippen LogP contribution in [0.1, 0.15) is 16.3 Å². The summed E-state index contributed by atoms with van der Waals surface area (Å²) < 4.78 is 2.08. The average molecular weight is 288 g/mol. The molecule has 0 aliphatic rings. The number of halogens is 1. The lowest BCUT2D eigenvalue weighted by atomic mass is 10.2. The summed E-state index contributed by atoms with van der Waals surface area (Å²) in [5, 5.41) is 11.2. The van der Waals surface area contributed by atoms with Crippen LogP contribution in [0.3, 0.4) is 0 Å². The van der Waals surface area contributed by atoms with Gasteiger partial charge in [0, 0.05) is 4.88 Å². The highest BCUT2D eigenvalue weighted by Crippen LogP contribution is 2.23. The summed E-state index contributed by atoms with van der Waals surface area (Å²) in [6.07, 6.45) is 0. The van der Waals surface area contributed by atoms with Crippen LogP contribution in [0.5, 0.6) is 0 Å². The lowest BCUT2D eigenvalue weighted by molar-refractivity contribution is 0.789. The van der Waals surface area contributed by atoms with Gasteiger partial charge in [0.05, 0.1) is 23.5 Å². The SMILES string of the molecule is N#Cc1cccc2c1nc(CCl)n2Cc1cccs1. The minimum absolute atomic E-state index is 0.338. The maximum Gasteiger partial charge on any atom is 0.125 e. The molecule has 0 N–H and O–H groups in total. The molecule has 19 heavy (non-hydrogen) atoms. The summed E-state index contributed by atoms with van der Waals surface area (Å²) >= 11 is 7.68. The van der Waals surface area contributed by atoms with E-state index in [9.17, 15) is 0 Å². The van der Waals surface area contributed by atoms with Crippen LogP contribution in [0.4, 0.5) is 0 Å². The van der Waals surface area contributed by atoms with E-state index in [4.69, 9.17) is 16.9 Å². The third kappa shape index (κ3) is 2.12. The second-order valence-electron chi connectivity index (χ2n) is 4.11. The molecule has 0 atom stereocenters. The van der Waals surface area contributed by atoms with Crippen LogP contribution in [-0.2, 0) is 12.4 Å². The summed E-state index contributed by atoms with van der Waals surface area (Å²) in [5.74, 6) is 1.14. The van der Waals surface area contributed by atoms with Gasteiger partial charge in [0.2, 0.25) is 0 Å². The van der Waals surface area contributed by atoms with E-state index in [0.29, 0.717) is 11.4 Å². The first-order valence-electron chi connectivity index (χ1n) is 5.80. The largest absolute Gasteiger partial charge is 0.322 e. The summed E-state index contributed by atoms with van der Waals surface area (Å²) in [5.41, 5.74) is 2.29. The summed E-state index contributed by atoms with van der Waals surface area (Å²) in [6, 6.07) is 11.9. The molecule has 3 nitrogen and oxygen atoms in total. The zero-order valence-corrected chi connectivity index (χ0v) is 11.6. The number of alkyl halides is 1. The lowest BCUT2D eigenvalue weighted by Gasteiger charge is -2.05. The van der Waals surface area contributed by atoms with Crippen molar-refractivity contribution in [2.45, 2.75) is 12.4 Å². The van der Waals surface area contributed by atoms with Gasteiger partial charge in [0.25, 0.3) is 0 Å². The molecule has 0 saturated heterocycles. The van der Waals surface area contributed by atoms with Crippen LogP contribution in [0.25, 0.3) is 11.0 Å². The number of rotatable bonds is 3. The highest BCUT2D eigenvalue weighted by atomic mass is 35.5. The van der Waals surface area contributed by atoms with Crippen molar-refractivity contribution in [1.29, 1.82) is 5.26 Å². The molecule has 0 fully saturated rings. The lowest BCUT2D eigenvalue weighted by Crippen LogP contribution is -2.02. The molecule has 0 saturated carbocycles. The molecule has 0 spiro atoms. The van der Waals surface area contributed by atoms with Gasteiger partial charge in [-0.25, -0.2) is 4.98 Å². The van der Waals surface area contributed by atoms with Crippen LogP contribution in [0, 0.1) is 11.3 Å². The van der Waals surface area contributed by atoms with Gasteiger partial charge in [0.15, 0.2) is 0 Å². The first-order chi connectivity index (χ1) is 9.33. The fourth-order valence-corrected chi connectivity index (χ4v) is 3.02. The van der Waals surface area contributed by atoms with Crippen LogP contribution in [0.15, 0.2) is 35.7 Å².